The number of morpholine rings is 1. The lowest BCUT2D eigenvalue weighted by Crippen LogP contribution is -2.44. The van der Waals surface area contributed by atoms with E-state index >= 15 is 0 Å². The average Bonchev–Trinajstić information content (AvgIpc) is 2.95. The summed E-state index contributed by atoms with van der Waals surface area (Å²) in [7, 11) is 0. The van der Waals surface area contributed by atoms with Crippen LogP contribution in [0.5, 0.6) is 5.88 Å². The molecule has 0 saturated carbocycles. The molecule has 0 bridgehead atoms. The van der Waals surface area contributed by atoms with Crippen LogP contribution in [0.2, 0.25) is 0 Å². The Labute approximate surface area is 135 Å². The molecule has 0 aromatic carbocycles. The van der Waals surface area contributed by atoms with Gasteiger partial charge < -0.3 is 14.0 Å². The van der Waals surface area contributed by atoms with E-state index in [2.05, 4.69) is 33.9 Å². The maximum atomic E-state index is 5.74. The second-order valence-electron chi connectivity index (χ2n) is 5.75. The maximum absolute atomic E-state index is 5.74. The first-order valence-electron chi connectivity index (χ1n) is 7.94. The lowest BCUT2D eigenvalue weighted by molar-refractivity contribution is -0.0725. The van der Waals surface area contributed by atoms with Gasteiger partial charge in [-0.15, -0.1) is 0 Å². The van der Waals surface area contributed by atoms with Crippen LogP contribution in [0.1, 0.15) is 26.7 Å². The molecule has 7 heteroatoms. The molecule has 124 valence electrons. The van der Waals surface area contributed by atoms with E-state index in [1.807, 2.05) is 19.1 Å². The predicted molar refractivity (Wildman–Crippen MR) is 84.0 cm³/mol. The molecule has 7 nitrogen and oxygen atoms in total. The Hall–Kier alpha value is -1.99. The summed E-state index contributed by atoms with van der Waals surface area (Å²) in [6, 6.07) is 3.71. The van der Waals surface area contributed by atoms with E-state index in [1.54, 1.807) is 6.20 Å². The number of nitrogens with zero attached hydrogens (tertiary/aromatic N) is 4. The Kier molecular flexibility index (Phi) is 4.88. The largest absolute Gasteiger partial charge is 0.477 e. The highest BCUT2D eigenvalue weighted by molar-refractivity contribution is 5.60. The molecule has 2 aromatic heterocycles. The van der Waals surface area contributed by atoms with Gasteiger partial charge in [-0.05, 0) is 32.9 Å². The van der Waals surface area contributed by atoms with Crippen molar-refractivity contribution < 1.29 is 14.0 Å². The minimum absolute atomic E-state index is 0.212. The number of ether oxygens (including phenoxy) is 2. The zero-order chi connectivity index (χ0) is 16.2. The third-order valence-corrected chi connectivity index (χ3v) is 3.62. The smallest absolute Gasteiger partial charge is 0.241 e. The lowest BCUT2D eigenvalue weighted by atomic mass is 10.2. The number of rotatable bonds is 5. The van der Waals surface area contributed by atoms with E-state index in [9.17, 15) is 0 Å². The highest BCUT2D eigenvalue weighted by Crippen LogP contribution is 2.25. The molecule has 0 radical (unpaired) electrons. The van der Waals surface area contributed by atoms with Crippen molar-refractivity contribution in [1.82, 2.24) is 20.0 Å². The maximum Gasteiger partial charge on any atom is 0.241 e. The van der Waals surface area contributed by atoms with Crippen LogP contribution in [0.3, 0.4) is 0 Å². The van der Waals surface area contributed by atoms with Crippen LogP contribution in [0.4, 0.5) is 0 Å². The highest BCUT2D eigenvalue weighted by Gasteiger charge is 2.24. The summed E-state index contributed by atoms with van der Waals surface area (Å²) in [5.74, 6) is 1.62. The van der Waals surface area contributed by atoms with Crippen LogP contribution in [-0.4, -0.2) is 51.9 Å². The summed E-state index contributed by atoms with van der Waals surface area (Å²) in [6.07, 6.45) is 2.11. The van der Waals surface area contributed by atoms with Crippen molar-refractivity contribution in [3.05, 3.63) is 24.2 Å². The van der Waals surface area contributed by atoms with Crippen LogP contribution in [0.25, 0.3) is 11.4 Å². The van der Waals surface area contributed by atoms with Gasteiger partial charge in [0.2, 0.25) is 17.6 Å². The Balaban J connectivity index is 1.73. The van der Waals surface area contributed by atoms with Gasteiger partial charge in [0.1, 0.15) is 0 Å². The molecule has 0 N–H and O–H groups in total. The Bertz CT molecular complexity index is 636. The molecule has 23 heavy (non-hydrogen) atoms. The van der Waals surface area contributed by atoms with Crippen molar-refractivity contribution in [2.75, 3.05) is 19.7 Å². The van der Waals surface area contributed by atoms with Gasteiger partial charge in [0.15, 0.2) is 0 Å². The third kappa shape index (κ3) is 3.86. The van der Waals surface area contributed by atoms with E-state index in [4.69, 9.17) is 14.0 Å². The van der Waals surface area contributed by atoms with E-state index in [0.29, 0.717) is 30.7 Å². The minimum atomic E-state index is 0.212. The van der Waals surface area contributed by atoms with E-state index in [-0.39, 0.29) is 12.2 Å². The van der Waals surface area contributed by atoms with Crippen LogP contribution in [-0.2, 0) is 11.3 Å². The molecule has 1 saturated heterocycles. The Morgan fingerprint density at radius 2 is 2.09 bits per heavy atom. The molecular weight excluding hydrogens is 296 g/mol. The fraction of sp³-hybridized carbons (Fsp3) is 0.562. The van der Waals surface area contributed by atoms with Gasteiger partial charge in [-0.2, -0.15) is 4.98 Å². The van der Waals surface area contributed by atoms with Gasteiger partial charge in [-0.3, -0.25) is 4.90 Å². The molecule has 1 aliphatic rings. The molecule has 2 atom stereocenters. The van der Waals surface area contributed by atoms with E-state index in [1.165, 1.54) is 0 Å². The second-order valence-corrected chi connectivity index (χ2v) is 5.75. The zero-order valence-corrected chi connectivity index (χ0v) is 13.7. The van der Waals surface area contributed by atoms with E-state index < -0.39 is 0 Å². The molecule has 1 fully saturated rings. The van der Waals surface area contributed by atoms with Gasteiger partial charge >= 0.3 is 0 Å². The van der Waals surface area contributed by atoms with Crippen molar-refractivity contribution in [3.63, 3.8) is 0 Å². The van der Waals surface area contributed by atoms with Crippen molar-refractivity contribution in [2.45, 2.75) is 39.5 Å². The minimum Gasteiger partial charge on any atom is -0.477 e. The number of hydrogen-bond acceptors (Lipinski definition) is 7. The SMILES string of the molecule is CCOc1ncccc1-c1noc(CN2C[C@@H](C)O[C@@H](C)C2)n1. The standard InChI is InChI=1S/C16H22N4O3/c1-4-21-16-13(6-5-7-17-16)15-18-14(23-19-15)10-20-8-11(2)22-12(3)9-20/h5-7,11-12H,4,8-10H2,1-3H3/t11-,12+. The number of hydrogen-bond donors (Lipinski definition) is 0. The normalized spacial score (nSPS) is 22.2. The van der Waals surface area contributed by atoms with Gasteiger partial charge in [0.25, 0.3) is 0 Å². The number of pyridine rings is 1. The Morgan fingerprint density at radius 3 is 2.83 bits per heavy atom. The van der Waals surface area contributed by atoms with Crippen LogP contribution in [0.15, 0.2) is 22.9 Å². The zero-order valence-electron chi connectivity index (χ0n) is 13.7. The monoisotopic (exact) mass is 318 g/mol. The lowest BCUT2D eigenvalue weighted by Gasteiger charge is -2.34. The first-order valence-corrected chi connectivity index (χ1v) is 7.94. The summed E-state index contributed by atoms with van der Waals surface area (Å²) in [5, 5.41) is 4.07. The molecule has 0 aliphatic carbocycles. The summed E-state index contributed by atoms with van der Waals surface area (Å²) in [6.45, 7) is 8.95. The average molecular weight is 318 g/mol. The first-order chi connectivity index (χ1) is 11.2. The second kappa shape index (κ2) is 7.06. The van der Waals surface area contributed by atoms with Crippen LogP contribution < -0.4 is 4.74 Å². The molecule has 3 heterocycles. The van der Waals surface area contributed by atoms with E-state index in [0.717, 1.165) is 18.7 Å². The quantitative estimate of drug-likeness (QED) is 0.836. The van der Waals surface area contributed by atoms with Crippen molar-refractivity contribution in [2.24, 2.45) is 0 Å². The summed E-state index contributed by atoms with van der Waals surface area (Å²) < 4.78 is 16.7. The van der Waals surface area contributed by atoms with Gasteiger partial charge in [0, 0.05) is 19.3 Å². The number of aromatic nitrogens is 3. The highest BCUT2D eigenvalue weighted by atomic mass is 16.5. The predicted octanol–water partition coefficient (Wildman–Crippen LogP) is 2.14. The molecule has 3 rings (SSSR count). The summed E-state index contributed by atoms with van der Waals surface area (Å²) in [4.78, 5) is 11.0. The topological polar surface area (TPSA) is 73.5 Å². The van der Waals surface area contributed by atoms with Crippen molar-refractivity contribution in [3.8, 4) is 17.3 Å². The summed E-state index contributed by atoms with van der Waals surface area (Å²) in [5.41, 5.74) is 0.744. The Morgan fingerprint density at radius 1 is 1.30 bits per heavy atom. The third-order valence-electron chi connectivity index (χ3n) is 3.62. The van der Waals surface area contributed by atoms with Gasteiger partial charge in [0.05, 0.1) is 30.9 Å². The molecule has 2 aromatic rings. The molecule has 0 spiro atoms. The van der Waals surface area contributed by atoms with Crippen molar-refractivity contribution >= 4 is 0 Å². The van der Waals surface area contributed by atoms with Gasteiger partial charge in [-0.1, -0.05) is 5.16 Å². The van der Waals surface area contributed by atoms with Gasteiger partial charge in [-0.25, -0.2) is 4.98 Å². The van der Waals surface area contributed by atoms with Crippen molar-refractivity contribution in [1.29, 1.82) is 0 Å². The fourth-order valence-corrected chi connectivity index (χ4v) is 2.85. The first kappa shape index (κ1) is 15.9. The fourth-order valence-electron chi connectivity index (χ4n) is 2.85. The molecule has 0 amide bonds. The van der Waals surface area contributed by atoms with Crippen LogP contribution >= 0.6 is 0 Å². The molecule has 1 aliphatic heterocycles. The summed E-state index contributed by atoms with van der Waals surface area (Å²) >= 11 is 0. The molecular formula is C16H22N4O3. The molecule has 0 unspecified atom stereocenters. The van der Waals surface area contributed by atoms with Crippen LogP contribution in [0, 0.1) is 0 Å².